The summed E-state index contributed by atoms with van der Waals surface area (Å²) in [6.07, 6.45) is 1.26. The topological polar surface area (TPSA) is 70.2 Å². The summed E-state index contributed by atoms with van der Waals surface area (Å²) in [6, 6.07) is -0.0774. The molecule has 0 radical (unpaired) electrons. The molecule has 0 spiro atoms. The Labute approximate surface area is 122 Å². The van der Waals surface area contributed by atoms with Gasteiger partial charge in [0.2, 0.25) is 5.91 Å². The van der Waals surface area contributed by atoms with Gasteiger partial charge in [0.15, 0.2) is 0 Å². The van der Waals surface area contributed by atoms with Gasteiger partial charge in [0, 0.05) is 19.0 Å². The zero-order chi connectivity index (χ0) is 15.7. The first kappa shape index (κ1) is 17.6. The van der Waals surface area contributed by atoms with Gasteiger partial charge in [-0.15, -0.1) is 0 Å². The van der Waals surface area contributed by atoms with E-state index >= 15 is 0 Å². The van der Waals surface area contributed by atoms with Gasteiger partial charge in [0.1, 0.15) is 6.54 Å². The number of urea groups is 1. The smallest absolute Gasteiger partial charge is 0.347 e. The van der Waals surface area contributed by atoms with E-state index in [0.29, 0.717) is 6.42 Å². The first-order valence-corrected chi connectivity index (χ1v) is 7.24. The third-order valence-corrected chi connectivity index (χ3v) is 3.29. The molecule has 3 N–H and O–H groups in total. The van der Waals surface area contributed by atoms with E-state index in [1.54, 1.807) is 5.32 Å². The molecular weight excluding hydrogens is 287 g/mol. The normalized spacial score (nSPS) is 16.3. The predicted molar refractivity (Wildman–Crippen MR) is 71.7 cm³/mol. The van der Waals surface area contributed by atoms with E-state index in [2.05, 4.69) is 10.6 Å². The highest BCUT2D eigenvalue weighted by Crippen LogP contribution is 2.17. The lowest BCUT2D eigenvalue weighted by molar-refractivity contribution is -0.138. The number of amides is 3. The summed E-state index contributed by atoms with van der Waals surface area (Å²) in [6.45, 7) is -1.06. The molecule has 0 aromatic heterocycles. The molecular formula is C13H22F3N3O2. The average Bonchev–Trinajstić information content (AvgIpc) is 2.42. The number of alkyl halides is 3. The number of carbonyl (C=O) groups excluding carboxylic acids is 2. The molecule has 1 aliphatic carbocycles. The van der Waals surface area contributed by atoms with Crippen molar-refractivity contribution in [2.45, 2.75) is 57.2 Å². The lowest BCUT2D eigenvalue weighted by Gasteiger charge is -2.22. The zero-order valence-corrected chi connectivity index (χ0v) is 11.9. The quantitative estimate of drug-likeness (QED) is 0.657. The van der Waals surface area contributed by atoms with Crippen molar-refractivity contribution in [3.05, 3.63) is 0 Å². The molecule has 0 atom stereocenters. The standard InChI is InChI=1S/C13H22F3N3O2/c14-13(15,16)9-18-11(20)7-4-8-17-12(21)19-10-5-2-1-3-6-10/h10H,1-9H2,(H,18,20)(H2,17,19,21). The van der Waals surface area contributed by atoms with Gasteiger partial charge in [-0.05, 0) is 19.3 Å². The fourth-order valence-electron chi connectivity index (χ4n) is 2.22. The second-order valence-electron chi connectivity index (χ2n) is 5.23. The second-order valence-corrected chi connectivity index (χ2v) is 5.23. The maximum atomic E-state index is 11.9. The number of hydrogen-bond acceptors (Lipinski definition) is 2. The number of nitrogens with one attached hydrogen (secondary N) is 3. The molecule has 1 saturated carbocycles. The molecule has 1 fully saturated rings. The van der Waals surface area contributed by atoms with Crippen LogP contribution in [-0.4, -0.2) is 37.2 Å². The molecule has 0 aromatic rings. The zero-order valence-electron chi connectivity index (χ0n) is 11.9. The van der Waals surface area contributed by atoms with Crippen LogP contribution < -0.4 is 16.0 Å². The largest absolute Gasteiger partial charge is 0.405 e. The Hall–Kier alpha value is -1.47. The third-order valence-electron chi connectivity index (χ3n) is 3.29. The summed E-state index contributed by atoms with van der Waals surface area (Å²) in [4.78, 5) is 22.7. The van der Waals surface area contributed by atoms with Crippen LogP contribution in [0.15, 0.2) is 0 Å². The molecule has 0 heterocycles. The van der Waals surface area contributed by atoms with Crippen molar-refractivity contribution in [2.75, 3.05) is 13.1 Å². The summed E-state index contributed by atoms with van der Waals surface area (Å²) < 4.78 is 35.6. The van der Waals surface area contributed by atoms with Crippen LogP contribution in [-0.2, 0) is 4.79 Å². The molecule has 5 nitrogen and oxygen atoms in total. The Bertz CT molecular complexity index is 342. The van der Waals surface area contributed by atoms with Gasteiger partial charge in [-0.3, -0.25) is 4.79 Å². The van der Waals surface area contributed by atoms with Crippen molar-refractivity contribution in [3.8, 4) is 0 Å². The Kier molecular flexibility index (Phi) is 7.31. The van der Waals surface area contributed by atoms with E-state index in [-0.39, 0.29) is 25.0 Å². The molecule has 21 heavy (non-hydrogen) atoms. The van der Waals surface area contributed by atoms with Gasteiger partial charge in [0.25, 0.3) is 0 Å². The maximum Gasteiger partial charge on any atom is 0.405 e. The molecule has 3 amide bonds. The highest BCUT2D eigenvalue weighted by atomic mass is 19.4. The minimum atomic E-state index is -4.40. The summed E-state index contributed by atoms with van der Waals surface area (Å²) in [7, 11) is 0. The van der Waals surface area contributed by atoms with Gasteiger partial charge in [0.05, 0.1) is 0 Å². The van der Waals surface area contributed by atoms with Crippen LogP contribution >= 0.6 is 0 Å². The van der Waals surface area contributed by atoms with E-state index in [1.807, 2.05) is 0 Å². The van der Waals surface area contributed by atoms with Crippen molar-refractivity contribution in [1.82, 2.24) is 16.0 Å². The highest BCUT2D eigenvalue weighted by molar-refractivity contribution is 5.76. The first-order valence-electron chi connectivity index (χ1n) is 7.24. The van der Waals surface area contributed by atoms with Crippen molar-refractivity contribution >= 4 is 11.9 Å². The molecule has 1 aliphatic rings. The number of hydrogen-bond donors (Lipinski definition) is 3. The molecule has 8 heteroatoms. The summed E-state index contributed by atoms with van der Waals surface area (Å²) in [5.74, 6) is -0.665. The van der Waals surface area contributed by atoms with E-state index in [0.717, 1.165) is 25.7 Å². The van der Waals surface area contributed by atoms with Gasteiger partial charge < -0.3 is 16.0 Å². The van der Waals surface area contributed by atoms with Gasteiger partial charge >= 0.3 is 12.2 Å². The number of rotatable bonds is 6. The molecule has 0 saturated heterocycles. The Balaban J connectivity index is 2.02. The lowest BCUT2D eigenvalue weighted by atomic mass is 9.96. The third kappa shape index (κ3) is 9.14. The number of halogens is 3. The van der Waals surface area contributed by atoms with Crippen molar-refractivity contribution < 1.29 is 22.8 Å². The van der Waals surface area contributed by atoms with E-state index in [1.165, 1.54) is 6.42 Å². The SMILES string of the molecule is O=C(CCCNC(=O)NC1CCCCC1)NCC(F)(F)F. The predicted octanol–water partition coefficient (Wildman–Crippen LogP) is 2.08. The molecule has 0 aliphatic heterocycles. The highest BCUT2D eigenvalue weighted by Gasteiger charge is 2.27. The van der Waals surface area contributed by atoms with Gasteiger partial charge in [-0.2, -0.15) is 13.2 Å². The summed E-state index contributed by atoms with van der Waals surface area (Å²) in [5, 5.41) is 7.24. The van der Waals surface area contributed by atoms with Crippen molar-refractivity contribution in [3.63, 3.8) is 0 Å². The summed E-state index contributed by atoms with van der Waals surface area (Å²) in [5.41, 5.74) is 0. The van der Waals surface area contributed by atoms with Gasteiger partial charge in [-0.1, -0.05) is 19.3 Å². The Morgan fingerprint density at radius 1 is 1.05 bits per heavy atom. The minimum Gasteiger partial charge on any atom is -0.347 e. The monoisotopic (exact) mass is 309 g/mol. The molecule has 0 bridgehead atoms. The van der Waals surface area contributed by atoms with Crippen LogP contribution in [0.3, 0.4) is 0 Å². The maximum absolute atomic E-state index is 11.9. The first-order chi connectivity index (χ1) is 9.87. The molecule has 1 rings (SSSR count). The average molecular weight is 309 g/mol. The van der Waals surface area contributed by atoms with Crippen molar-refractivity contribution in [1.29, 1.82) is 0 Å². The van der Waals surface area contributed by atoms with Crippen LogP contribution in [0.1, 0.15) is 44.9 Å². The van der Waals surface area contributed by atoms with E-state index in [4.69, 9.17) is 0 Å². The van der Waals surface area contributed by atoms with Gasteiger partial charge in [-0.25, -0.2) is 4.79 Å². The molecule has 0 unspecified atom stereocenters. The van der Waals surface area contributed by atoms with Crippen LogP contribution in [0.4, 0.5) is 18.0 Å². The Morgan fingerprint density at radius 3 is 2.33 bits per heavy atom. The summed E-state index contributed by atoms with van der Waals surface area (Å²) >= 11 is 0. The number of carbonyl (C=O) groups is 2. The van der Waals surface area contributed by atoms with Crippen molar-refractivity contribution in [2.24, 2.45) is 0 Å². The molecule has 122 valence electrons. The molecule has 0 aromatic carbocycles. The van der Waals surface area contributed by atoms with Crippen LogP contribution in [0.2, 0.25) is 0 Å². The Morgan fingerprint density at radius 2 is 1.71 bits per heavy atom. The van der Waals surface area contributed by atoms with E-state index < -0.39 is 18.6 Å². The van der Waals surface area contributed by atoms with Crippen LogP contribution in [0.25, 0.3) is 0 Å². The van der Waals surface area contributed by atoms with Crippen LogP contribution in [0, 0.1) is 0 Å². The second kappa shape index (κ2) is 8.74. The fourth-order valence-corrected chi connectivity index (χ4v) is 2.22. The van der Waals surface area contributed by atoms with Crippen LogP contribution in [0.5, 0.6) is 0 Å². The minimum absolute atomic E-state index is 0.0419. The fraction of sp³-hybridized carbons (Fsp3) is 0.846. The van der Waals surface area contributed by atoms with E-state index in [9.17, 15) is 22.8 Å². The lowest BCUT2D eigenvalue weighted by Crippen LogP contribution is -2.43.